The van der Waals surface area contributed by atoms with Gasteiger partial charge >= 0.3 is 12.1 Å². The van der Waals surface area contributed by atoms with Gasteiger partial charge in [0.25, 0.3) is 6.43 Å². The fraction of sp³-hybridized carbons (Fsp3) is 0.400. The smallest absolute Gasteiger partial charge is 0.407 e. The Morgan fingerprint density at radius 3 is 2.09 bits per heavy atom. The molecule has 7 nitrogen and oxygen atoms in total. The quantitative estimate of drug-likeness (QED) is 0.538. The molecule has 180 valence electrons. The average molecular weight is 472 g/mol. The van der Waals surface area contributed by atoms with Gasteiger partial charge in [0.1, 0.15) is 18.2 Å². The van der Waals surface area contributed by atoms with Crippen molar-refractivity contribution in [3.63, 3.8) is 0 Å². The van der Waals surface area contributed by atoms with Crippen molar-refractivity contribution in [3.8, 4) is 11.1 Å². The van der Waals surface area contributed by atoms with Crippen LogP contribution in [-0.2, 0) is 14.3 Å². The maximum Gasteiger partial charge on any atom is 0.407 e. The first-order valence-electron chi connectivity index (χ1n) is 11.2. The third-order valence-electron chi connectivity index (χ3n) is 6.60. The number of hydrogen-bond acceptors (Lipinski definition) is 4. The van der Waals surface area contributed by atoms with Crippen LogP contribution in [0.5, 0.6) is 0 Å². The van der Waals surface area contributed by atoms with Crippen LogP contribution in [0.3, 0.4) is 0 Å². The first-order valence-corrected chi connectivity index (χ1v) is 11.2. The Bertz CT molecular complexity index is 1040. The number of ether oxygens (including phenoxy) is 1. The van der Waals surface area contributed by atoms with Gasteiger partial charge in [-0.3, -0.25) is 4.79 Å². The Kier molecular flexibility index (Phi) is 6.81. The molecule has 0 aromatic heterocycles. The van der Waals surface area contributed by atoms with Gasteiger partial charge in [0.2, 0.25) is 5.91 Å². The van der Waals surface area contributed by atoms with E-state index in [9.17, 15) is 28.3 Å². The second-order valence-electron chi connectivity index (χ2n) is 8.76. The molecule has 0 radical (unpaired) electrons. The zero-order valence-corrected chi connectivity index (χ0v) is 18.4. The molecule has 2 aliphatic carbocycles. The van der Waals surface area contributed by atoms with E-state index >= 15 is 0 Å². The van der Waals surface area contributed by atoms with Gasteiger partial charge in [0.05, 0.1) is 6.42 Å². The Labute approximate surface area is 195 Å². The zero-order valence-electron chi connectivity index (χ0n) is 18.4. The van der Waals surface area contributed by atoms with Crippen LogP contribution >= 0.6 is 0 Å². The zero-order chi connectivity index (χ0) is 24.3. The molecule has 0 saturated heterocycles. The van der Waals surface area contributed by atoms with E-state index in [0.717, 1.165) is 22.3 Å². The highest BCUT2D eigenvalue weighted by molar-refractivity contribution is 5.87. The molecule has 9 heteroatoms. The lowest BCUT2D eigenvalue weighted by Gasteiger charge is -2.26. The largest absolute Gasteiger partial charge is 0.480 e. The van der Waals surface area contributed by atoms with Gasteiger partial charge in [-0.2, -0.15) is 0 Å². The summed E-state index contributed by atoms with van der Waals surface area (Å²) < 4.78 is 32.4. The van der Waals surface area contributed by atoms with Gasteiger partial charge in [-0.05, 0) is 35.1 Å². The highest BCUT2D eigenvalue weighted by atomic mass is 19.3. The summed E-state index contributed by atoms with van der Waals surface area (Å²) in [6, 6.07) is 13.6. The summed E-state index contributed by atoms with van der Waals surface area (Å²) in [4.78, 5) is 36.3. The predicted octanol–water partition coefficient (Wildman–Crippen LogP) is 4.06. The lowest BCUT2D eigenvalue weighted by atomic mass is 9.97. The van der Waals surface area contributed by atoms with E-state index in [2.05, 4.69) is 10.6 Å². The van der Waals surface area contributed by atoms with Crippen LogP contribution in [-0.4, -0.2) is 47.7 Å². The molecule has 0 bridgehead atoms. The lowest BCUT2D eigenvalue weighted by Crippen LogP contribution is -2.54. The van der Waals surface area contributed by atoms with Crippen LogP contribution in [0.2, 0.25) is 0 Å². The molecule has 1 atom stereocenters. The number of hydrogen-bond donors (Lipinski definition) is 3. The third-order valence-corrected chi connectivity index (χ3v) is 6.60. The Balaban J connectivity index is 1.37. The first-order chi connectivity index (χ1) is 16.3. The van der Waals surface area contributed by atoms with Crippen LogP contribution in [0.15, 0.2) is 48.5 Å². The molecular weight excluding hydrogens is 446 g/mol. The number of carbonyl (C=O) groups is 3. The number of benzene rings is 2. The van der Waals surface area contributed by atoms with E-state index in [1.165, 1.54) is 0 Å². The number of carboxylic acid groups (broad SMARTS) is 1. The van der Waals surface area contributed by atoms with Crippen molar-refractivity contribution in [1.82, 2.24) is 10.6 Å². The number of aliphatic carboxylic acids is 1. The fourth-order valence-electron chi connectivity index (χ4n) is 4.88. The number of alkyl carbamates (subject to hydrolysis) is 1. The Morgan fingerprint density at radius 2 is 1.56 bits per heavy atom. The summed E-state index contributed by atoms with van der Waals surface area (Å²) in [5, 5.41) is 13.9. The molecule has 0 spiro atoms. The van der Waals surface area contributed by atoms with Gasteiger partial charge in [0, 0.05) is 5.92 Å². The molecule has 1 saturated carbocycles. The summed E-state index contributed by atoms with van der Waals surface area (Å²) in [5.41, 5.74) is 2.60. The first kappa shape index (κ1) is 23.7. The van der Waals surface area contributed by atoms with Gasteiger partial charge in [0.15, 0.2) is 0 Å². The molecule has 1 fully saturated rings. The van der Waals surface area contributed by atoms with Crippen molar-refractivity contribution in [2.75, 3.05) is 6.61 Å². The third kappa shape index (κ3) is 4.73. The molecule has 2 aliphatic rings. The molecule has 1 unspecified atom stereocenters. The van der Waals surface area contributed by atoms with E-state index in [4.69, 9.17) is 4.74 Å². The van der Waals surface area contributed by atoms with Crippen LogP contribution < -0.4 is 10.6 Å². The predicted molar refractivity (Wildman–Crippen MR) is 120 cm³/mol. The second-order valence-corrected chi connectivity index (χ2v) is 8.76. The minimum absolute atomic E-state index is 0.0514. The number of halogens is 2. The van der Waals surface area contributed by atoms with Crippen LogP contribution in [0.4, 0.5) is 13.6 Å². The van der Waals surface area contributed by atoms with E-state index in [1.807, 2.05) is 48.5 Å². The number of rotatable bonds is 8. The van der Waals surface area contributed by atoms with Crippen molar-refractivity contribution >= 4 is 18.0 Å². The van der Waals surface area contributed by atoms with Crippen molar-refractivity contribution in [2.24, 2.45) is 0 Å². The number of alkyl halides is 2. The van der Waals surface area contributed by atoms with Crippen molar-refractivity contribution < 1.29 is 33.0 Å². The number of carbonyl (C=O) groups excluding carboxylic acids is 2. The monoisotopic (exact) mass is 472 g/mol. The summed E-state index contributed by atoms with van der Waals surface area (Å²) in [7, 11) is 0. The lowest BCUT2D eigenvalue weighted by molar-refractivity contribution is -0.147. The van der Waals surface area contributed by atoms with Crippen molar-refractivity contribution in [2.45, 2.75) is 56.0 Å². The molecule has 0 heterocycles. The van der Waals surface area contributed by atoms with Gasteiger partial charge in [-0.25, -0.2) is 18.4 Å². The SMILES string of the molecule is O=C(CC(NC(=O)OCC1c2ccccc2-c2ccccc21)C(F)F)NC1(C(=O)O)CCCC1. The minimum Gasteiger partial charge on any atom is -0.480 e. The van der Waals surface area contributed by atoms with Crippen LogP contribution in [0, 0.1) is 0 Å². The summed E-state index contributed by atoms with van der Waals surface area (Å²) in [5.74, 6) is -2.27. The highest BCUT2D eigenvalue weighted by Crippen LogP contribution is 2.44. The maximum absolute atomic E-state index is 13.6. The minimum atomic E-state index is -3.03. The highest BCUT2D eigenvalue weighted by Gasteiger charge is 2.43. The summed E-state index contributed by atoms with van der Waals surface area (Å²) in [6.45, 7) is -0.0514. The standard InChI is InChI=1S/C25H26F2N2O5/c26-22(27)20(13-21(30)29-25(23(31)32)11-5-6-12-25)28-24(33)34-14-19-17-9-3-1-7-15(17)16-8-2-4-10-18(16)19/h1-4,7-10,19-20,22H,5-6,11-14H2,(H,28,33)(H,29,30)(H,31,32). The fourth-order valence-corrected chi connectivity index (χ4v) is 4.88. The average Bonchev–Trinajstić information content (AvgIpc) is 3.41. The summed E-state index contributed by atoms with van der Waals surface area (Å²) >= 11 is 0. The Hall–Kier alpha value is -3.49. The molecule has 2 aromatic carbocycles. The number of carboxylic acids is 1. The molecule has 34 heavy (non-hydrogen) atoms. The molecule has 0 aliphatic heterocycles. The topological polar surface area (TPSA) is 105 Å². The molecule has 3 N–H and O–H groups in total. The summed E-state index contributed by atoms with van der Waals surface area (Å²) in [6.07, 6.45) is -3.10. The second kappa shape index (κ2) is 9.79. The maximum atomic E-state index is 13.6. The van der Waals surface area contributed by atoms with Crippen molar-refractivity contribution in [1.29, 1.82) is 0 Å². The van der Waals surface area contributed by atoms with Gasteiger partial charge in [-0.15, -0.1) is 0 Å². The Morgan fingerprint density at radius 1 is 1.00 bits per heavy atom. The van der Waals surface area contributed by atoms with Gasteiger partial charge < -0.3 is 20.5 Å². The molecule has 2 amide bonds. The number of amides is 2. The number of nitrogens with one attached hydrogen (secondary N) is 2. The molecule has 4 rings (SSSR count). The van der Waals surface area contributed by atoms with E-state index in [0.29, 0.717) is 12.8 Å². The number of fused-ring (bicyclic) bond motifs is 3. The van der Waals surface area contributed by atoms with E-state index < -0.39 is 42.4 Å². The van der Waals surface area contributed by atoms with Crippen LogP contribution in [0.25, 0.3) is 11.1 Å². The van der Waals surface area contributed by atoms with E-state index in [-0.39, 0.29) is 25.4 Å². The molecule has 2 aromatic rings. The van der Waals surface area contributed by atoms with Gasteiger partial charge in [-0.1, -0.05) is 61.4 Å². The molecular formula is C25H26F2N2O5. The normalized spacial score (nSPS) is 17.0. The van der Waals surface area contributed by atoms with E-state index in [1.54, 1.807) is 0 Å². The van der Waals surface area contributed by atoms with Crippen molar-refractivity contribution in [3.05, 3.63) is 59.7 Å². The van der Waals surface area contributed by atoms with Crippen LogP contribution in [0.1, 0.15) is 49.1 Å².